The highest BCUT2D eigenvalue weighted by Gasteiger charge is 2.04. The fraction of sp³-hybridized carbons (Fsp3) is 0.125. The topological polar surface area (TPSA) is 42.7 Å². The molecular formula is C16H16N4. The first kappa shape index (κ1) is 12.4. The van der Waals surface area contributed by atoms with Crippen LogP contribution in [0.25, 0.3) is 11.4 Å². The lowest BCUT2D eigenvalue weighted by atomic mass is 10.1. The minimum Gasteiger partial charge on any atom is -0.381 e. The second-order valence-corrected chi connectivity index (χ2v) is 4.69. The molecule has 20 heavy (non-hydrogen) atoms. The molecule has 0 aliphatic rings. The third-order valence-electron chi connectivity index (χ3n) is 3.17. The second-order valence-electron chi connectivity index (χ2n) is 4.69. The molecule has 0 amide bonds. The van der Waals surface area contributed by atoms with Crippen LogP contribution >= 0.6 is 0 Å². The summed E-state index contributed by atoms with van der Waals surface area (Å²) in [6.07, 6.45) is 1.71. The highest BCUT2D eigenvalue weighted by Crippen LogP contribution is 2.20. The predicted octanol–water partition coefficient (Wildman–Crippen LogP) is 3.09. The summed E-state index contributed by atoms with van der Waals surface area (Å²) in [7, 11) is 1.94. The fourth-order valence-corrected chi connectivity index (χ4v) is 2.11. The number of benzene rings is 2. The molecule has 4 nitrogen and oxygen atoms in total. The molecule has 0 unspecified atom stereocenters. The first-order chi connectivity index (χ1) is 9.83. The summed E-state index contributed by atoms with van der Waals surface area (Å²) >= 11 is 0. The van der Waals surface area contributed by atoms with Crippen molar-refractivity contribution in [2.75, 3.05) is 5.32 Å². The van der Waals surface area contributed by atoms with Crippen molar-refractivity contribution in [1.82, 2.24) is 14.8 Å². The minimum absolute atomic E-state index is 0.809. The van der Waals surface area contributed by atoms with Crippen LogP contribution in [0.4, 0.5) is 5.69 Å². The Kier molecular flexibility index (Phi) is 3.46. The van der Waals surface area contributed by atoms with Crippen LogP contribution in [0.15, 0.2) is 60.9 Å². The summed E-state index contributed by atoms with van der Waals surface area (Å²) in [5, 5.41) is 11.5. The molecule has 4 heteroatoms. The van der Waals surface area contributed by atoms with Gasteiger partial charge >= 0.3 is 0 Å². The number of hydrogen-bond acceptors (Lipinski definition) is 3. The van der Waals surface area contributed by atoms with Gasteiger partial charge in [-0.1, -0.05) is 42.5 Å². The standard InChI is InChI=1S/C16H16N4/c1-20-12-18-19-16(20)14-8-5-9-15(10-14)17-11-13-6-3-2-4-7-13/h2-10,12,17H,11H2,1H3. The lowest BCUT2D eigenvalue weighted by Crippen LogP contribution is -1.99. The van der Waals surface area contributed by atoms with E-state index in [-0.39, 0.29) is 0 Å². The van der Waals surface area contributed by atoms with Crippen molar-refractivity contribution >= 4 is 5.69 Å². The van der Waals surface area contributed by atoms with Crippen molar-refractivity contribution in [3.63, 3.8) is 0 Å². The number of nitrogens with zero attached hydrogens (tertiary/aromatic N) is 3. The quantitative estimate of drug-likeness (QED) is 0.787. The first-order valence-corrected chi connectivity index (χ1v) is 6.55. The van der Waals surface area contributed by atoms with Gasteiger partial charge in [-0.05, 0) is 17.7 Å². The molecule has 0 spiro atoms. The number of aromatic nitrogens is 3. The molecule has 0 aliphatic carbocycles. The van der Waals surface area contributed by atoms with E-state index in [0.29, 0.717) is 0 Å². The van der Waals surface area contributed by atoms with Gasteiger partial charge in [0.05, 0.1) is 0 Å². The number of anilines is 1. The molecule has 2 aromatic carbocycles. The number of aryl methyl sites for hydroxylation is 1. The van der Waals surface area contributed by atoms with E-state index in [1.54, 1.807) is 6.33 Å². The summed E-state index contributed by atoms with van der Waals surface area (Å²) in [5.74, 6) is 0.869. The van der Waals surface area contributed by atoms with E-state index in [1.807, 2.05) is 41.9 Å². The molecule has 3 rings (SSSR count). The van der Waals surface area contributed by atoms with Crippen LogP contribution in [0.3, 0.4) is 0 Å². The Bertz CT molecular complexity index is 688. The maximum atomic E-state index is 4.13. The van der Waals surface area contributed by atoms with Crippen LogP contribution in [0.5, 0.6) is 0 Å². The zero-order valence-corrected chi connectivity index (χ0v) is 11.3. The Morgan fingerprint density at radius 3 is 2.65 bits per heavy atom. The predicted molar refractivity (Wildman–Crippen MR) is 80.2 cm³/mol. The highest BCUT2D eigenvalue weighted by molar-refractivity contribution is 5.62. The average Bonchev–Trinajstić information content (AvgIpc) is 2.93. The SMILES string of the molecule is Cn1cnnc1-c1cccc(NCc2ccccc2)c1. The second kappa shape index (κ2) is 5.57. The molecule has 1 N–H and O–H groups in total. The third kappa shape index (κ3) is 2.69. The maximum absolute atomic E-state index is 4.13. The van der Waals surface area contributed by atoms with Crippen molar-refractivity contribution in [2.45, 2.75) is 6.54 Å². The van der Waals surface area contributed by atoms with Crippen LogP contribution in [0.2, 0.25) is 0 Å². The van der Waals surface area contributed by atoms with E-state index < -0.39 is 0 Å². The highest BCUT2D eigenvalue weighted by atomic mass is 15.2. The molecule has 0 fully saturated rings. The Hall–Kier alpha value is -2.62. The number of nitrogens with one attached hydrogen (secondary N) is 1. The van der Waals surface area contributed by atoms with Crippen LogP contribution < -0.4 is 5.32 Å². The molecule has 0 aliphatic heterocycles. The Balaban J connectivity index is 1.77. The Labute approximate surface area is 118 Å². The zero-order chi connectivity index (χ0) is 13.8. The van der Waals surface area contributed by atoms with Crippen molar-refractivity contribution in [3.05, 3.63) is 66.5 Å². The smallest absolute Gasteiger partial charge is 0.163 e. The van der Waals surface area contributed by atoms with Crippen molar-refractivity contribution < 1.29 is 0 Å². The normalized spacial score (nSPS) is 10.4. The Morgan fingerprint density at radius 1 is 1.05 bits per heavy atom. The lowest BCUT2D eigenvalue weighted by Gasteiger charge is -2.08. The molecule has 0 atom stereocenters. The van der Waals surface area contributed by atoms with E-state index >= 15 is 0 Å². The summed E-state index contributed by atoms with van der Waals surface area (Å²) in [4.78, 5) is 0. The first-order valence-electron chi connectivity index (χ1n) is 6.55. The molecule has 3 aromatic rings. The summed E-state index contributed by atoms with van der Waals surface area (Å²) in [6, 6.07) is 18.6. The van der Waals surface area contributed by atoms with Crippen LogP contribution in [0, 0.1) is 0 Å². The monoisotopic (exact) mass is 264 g/mol. The fourth-order valence-electron chi connectivity index (χ4n) is 2.11. The van der Waals surface area contributed by atoms with E-state index in [1.165, 1.54) is 5.56 Å². The lowest BCUT2D eigenvalue weighted by molar-refractivity contribution is 0.920. The van der Waals surface area contributed by atoms with Gasteiger partial charge in [0.2, 0.25) is 0 Å². The number of hydrogen-bond donors (Lipinski definition) is 1. The molecule has 0 saturated heterocycles. The van der Waals surface area contributed by atoms with Gasteiger partial charge in [-0.2, -0.15) is 0 Å². The van der Waals surface area contributed by atoms with Gasteiger partial charge in [0.15, 0.2) is 5.82 Å². The summed E-state index contributed by atoms with van der Waals surface area (Å²) in [6.45, 7) is 0.809. The zero-order valence-electron chi connectivity index (χ0n) is 11.3. The van der Waals surface area contributed by atoms with Crippen molar-refractivity contribution in [1.29, 1.82) is 0 Å². The van der Waals surface area contributed by atoms with Crippen LogP contribution in [-0.4, -0.2) is 14.8 Å². The van der Waals surface area contributed by atoms with Gasteiger partial charge in [0.1, 0.15) is 6.33 Å². The molecule has 1 heterocycles. The van der Waals surface area contributed by atoms with Crippen LogP contribution in [0.1, 0.15) is 5.56 Å². The minimum atomic E-state index is 0.809. The molecule has 0 radical (unpaired) electrons. The largest absolute Gasteiger partial charge is 0.381 e. The van der Waals surface area contributed by atoms with Gasteiger partial charge in [-0.3, -0.25) is 0 Å². The van der Waals surface area contributed by atoms with Gasteiger partial charge < -0.3 is 9.88 Å². The summed E-state index contributed by atoms with van der Waals surface area (Å²) in [5.41, 5.74) is 3.40. The molecule has 0 saturated carbocycles. The molecule has 0 bridgehead atoms. The van der Waals surface area contributed by atoms with Gasteiger partial charge in [0.25, 0.3) is 0 Å². The molecule has 100 valence electrons. The van der Waals surface area contributed by atoms with Crippen LogP contribution in [-0.2, 0) is 13.6 Å². The average molecular weight is 264 g/mol. The number of rotatable bonds is 4. The van der Waals surface area contributed by atoms with E-state index in [2.05, 4.69) is 39.8 Å². The van der Waals surface area contributed by atoms with Crippen molar-refractivity contribution in [2.24, 2.45) is 7.05 Å². The third-order valence-corrected chi connectivity index (χ3v) is 3.17. The molecular weight excluding hydrogens is 248 g/mol. The molecule has 1 aromatic heterocycles. The Morgan fingerprint density at radius 2 is 1.90 bits per heavy atom. The van der Waals surface area contributed by atoms with E-state index in [0.717, 1.165) is 23.6 Å². The van der Waals surface area contributed by atoms with Gasteiger partial charge in [-0.15, -0.1) is 10.2 Å². The maximum Gasteiger partial charge on any atom is 0.163 e. The van der Waals surface area contributed by atoms with Gasteiger partial charge in [-0.25, -0.2) is 0 Å². The van der Waals surface area contributed by atoms with E-state index in [4.69, 9.17) is 0 Å². The van der Waals surface area contributed by atoms with E-state index in [9.17, 15) is 0 Å². The summed E-state index contributed by atoms with van der Waals surface area (Å²) < 4.78 is 1.91. The van der Waals surface area contributed by atoms with Gasteiger partial charge in [0, 0.05) is 24.8 Å². The van der Waals surface area contributed by atoms with Crippen molar-refractivity contribution in [3.8, 4) is 11.4 Å².